The molecule has 1 aliphatic rings. The lowest BCUT2D eigenvalue weighted by Gasteiger charge is -2.32. The van der Waals surface area contributed by atoms with Gasteiger partial charge in [-0.25, -0.2) is 0 Å². The predicted octanol–water partition coefficient (Wildman–Crippen LogP) is 3.28. The molecule has 3 aromatic rings. The van der Waals surface area contributed by atoms with Gasteiger partial charge in [-0.3, -0.25) is 14.6 Å². The molecule has 3 heterocycles. The van der Waals surface area contributed by atoms with Crippen molar-refractivity contribution in [1.29, 1.82) is 0 Å². The third kappa shape index (κ3) is 3.38. The molecule has 5 heteroatoms. The van der Waals surface area contributed by atoms with Gasteiger partial charge in [-0.1, -0.05) is 18.2 Å². The topological polar surface area (TPSA) is 63.4 Å². The second-order valence-electron chi connectivity index (χ2n) is 6.76. The highest BCUT2D eigenvalue weighted by Crippen LogP contribution is 2.22. The average molecular weight is 348 g/mol. The minimum Gasteiger partial charge on any atom is -0.451 e. The molecule has 4 rings (SSSR count). The van der Waals surface area contributed by atoms with Gasteiger partial charge in [-0.15, -0.1) is 0 Å². The summed E-state index contributed by atoms with van der Waals surface area (Å²) in [6, 6.07) is 14.2. The van der Waals surface area contributed by atoms with E-state index in [0.29, 0.717) is 30.0 Å². The molecule has 0 saturated carbocycles. The van der Waals surface area contributed by atoms with Gasteiger partial charge in [0, 0.05) is 31.0 Å². The lowest BCUT2D eigenvalue weighted by Crippen LogP contribution is -2.40. The van der Waals surface area contributed by atoms with Crippen LogP contribution in [0.4, 0.5) is 0 Å². The van der Waals surface area contributed by atoms with Gasteiger partial charge in [-0.05, 0) is 49.4 Å². The summed E-state index contributed by atoms with van der Waals surface area (Å²) in [5, 5.41) is 0.496. The Bertz CT molecular complexity index is 981. The first-order valence-electron chi connectivity index (χ1n) is 8.93. The van der Waals surface area contributed by atoms with E-state index in [4.69, 9.17) is 4.42 Å². The Morgan fingerprint density at radius 3 is 2.88 bits per heavy atom. The number of rotatable bonds is 3. The van der Waals surface area contributed by atoms with E-state index in [1.54, 1.807) is 35.4 Å². The van der Waals surface area contributed by atoms with Gasteiger partial charge in [0.1, 0.15) is 5.58 Å². The minimum atomic E-state index is -0.210. The first kappa shape index (κ1) is 16.5. The number of amides is 1. The second kappa shape index (κ2) is 7.12. The summed E-state index contributed by atoms with van der Waals surface area (Å²) < 4.78 is 5.71. The molecule has 26 heavy (non-hydrogen) atoms. The van der Waals surface area contributed by atoms with Crippen molar-refractivity contribution in [2.24, 2.45) is 5.92 Å². The van der Waals surface area contributed by atoms with E-state index in [1.165, 1.54) is 6.07 Å². The summed E-state index contributed by atoms with van der Waals surface area (Å²) in [5.41, 5.74) is 1.31. The van der Waals surface area contributed by atoms with E-state index in [2.05, 4.69) is 4.98 Å². The van der Waals surface area contributed by atoms with Crippen LogP contribution in [0.15, 0.2) is 63.9 Å². The molecule has 1 unspecified atom stereocenters. The minimum absolute atomic E-state index is 0.118. The maximum atomic E-state index is 12.9. The molecule has 0 spiro atoms. The molecule has 0 aliphatic carbocycles. The number of carbonyl (C=O) groups excluding carboxylic acids is 1. The maximum Gasteiger partial charge on any atom is 0.289 e. The molecule has 0 bridgehead atoms. The van der Waals surface area contributed by atoms with Crippen LogP contribution in [0, 0.1) is 5.92 Å². The number of aromatic nitrogens is 1. The molecule has 1 amide bonds. The Kier molecular flexibility index (Phi) is 4.52. The lowest BCUT2D eigenvalue weighted by molar-refractivity contribution is 0.0641. The van der Waals surface area contributed by atoms with Crippen LogP contribution in [-0.4, -0.2) is 28.9 Å². The second-order valence-corrected chi connectivity index (χ2v) is 6.76. The number of nitrogens with zero attached hydrogens (tertiary/aromatic N) is 2. The molecule has 2 aromatic heterocycles. The van der Waals surface area contributed by atoms with E-state index in [1.807, 2.05) is 18.2 Å². The summed E-state index contributed by atoms with van der Waals surface area (Å²) in [6.45, 7) is 1.35. The zero-order valence-electron chi connectivity index (χ0n) is 14.4. The van der Waals surface area contributed by atoms with E-state index >= 15 is 0 Å². The van der Waals surface area contributed by atoms with Crippen molar-refractivity contribution >= 4 is 16.9 Å². The van der Waals surface area contributed by atoms with Gasteiger partial charge >= 0.3 is 0 Å². The third-order valence-electron chi connectivity index (χ3n) is 4.88. The summed E-state index contributed by atoms with van der Waals surface area (Å²) in [7, 11) is 0. The van der Waals surface area contributed by atoms with E-state index < -0.39 is 0 Å². The van der Waals surface area contributed by atoms with Crippen molar-refractivity contribution in [3.8, 4) is 0 Å². The number of hydrogen-bond acceptors (Lipinski definition) is 4. The molecule has 1 atom stereocenters. The molecular formula is C21H20N2O3. The predicted molar refractivity (Wildman–Crippen MR) is 99.1 cm³/mol. The average Bonchev–Trinajstić information content (AvgIpc) is 2.68. The van der Waals surface area contributed by atoms with Crippen LogP contribution in [-0.2, 0) is 6.42 Å². The number of likely N-dealkylation sites (tertiary alicyclic amines) is 1. The van der Waals surface area contributed by atoms with Crippen LogP contribution in [0.2, 0.25) is 0 Å². The Morgan fingerprint density at radius 1 is 1.19 bits per heavy atom. The quantitative estimate of drug-likeness (QED) is 0.729. The van der Waals surface area contributed by atoms with Crippen LogP contribution in [0.5, 0.6) is 0 Å². The zero-order valence-corrected chi connectivity index (χ0v) is 14.4. The maximum absolute atomic E-state index is 12.9. The standard InChI is InChI=1S/C21H20N2O3/c24-18-13-20(26-19-9-2-1-8-17(18)19)21(25)23-11-5-6-15(14-23)12-16-7-3-4-10-22-16/h1-4,7-10,13,15H,5-6,11-12,14H2. The Balaban J connectivity index is 1.53. The van der Waals surface area contributed by atoms with Crippen molar-refractivity contribution in [3.05, 3.63) is 76.4 Å². The monoisotopic (exact) mass is 348 g/mol. The lowest BCUT2D eigenvalue weighted by atomic mass is 9.93. The number of piperidine rings is 1. The zero-order chi connectivity index (χ0) is 17.9. The smallest absolute Gasteiger partial charge is 0.289 e. The number of pyridine rings is 1. The molecule has 1 saturated heterocycles. The fourth-order valence-corrected chi connectivity index (χ4v) is 3.60. The molecule has 1 aromatic carbocycles. The Morgan fingerprint density at radius 2 is 2.04 bits per heavy atom. The summed E-state index contributed by atoms with van der Waals surface area (Å²) in [4.78, 5) is 31.3. The van der Waals surface area contributed by atoms with E-state index in [9.17, 15) is 9.59 Å². The molecule has 132 valence electrons. The number of benzene rings is 1. The highest BCUT2D eigenvalue weighted by atomic mass is 16.3. The van der Waals surface area contributed by atoms with Crippen molar-refractivity contribution in [2.75, 3.05) is 13.1 Å². The van der Waals surface area contributed by atoms with Crippen LogP contribution in [0.3, 0.4) is 0 Å². The fourth-order valence-electron chi connectivity index (χ4n) is 3.60. The van der Waals surface area contributed by atoms with Crippen molar-refractivity contribution < 1.29 is 9.21 Å². The van der Waals surface area contributed by atoms with E-state index in [-0.39, 0.29) is 17.1 Å². The van der Waals surface area contributed by atoms with Crippen molar-refractivity contribution in [2.45, 2.75) is 19.3 Å². The van der Waals surface area contributed by atoms with Gasteiger partial charge in [0.25, 0.3) is 5.91 Å². The van der Waals surface area contributed by atoms with Crippen LogP contribution in [0.1, 0.15) is 29.1 Å². The first-order valence-corrected chi connectivity index (χ1v) is 8.93. The van der Waals surface area contributed by atoms with Crippen LogP contribution in [0.25, 0.3) is 11.0 Å². The Hall–Kier alpha value is -2.95. The van der Waals surface area contributed by atoms with Crippen LogP contribution >= 0.6 is 0 Å². The van der Waals surface area contributed by atoms with Crippen molar-refractivity contribution in [3.63, 3.8) is 0 Å². The molecule has 5 nitrogen and oxygen atoms in total. The van der Waals surface area contributed by atoms with Gasteiger partial charge in [0.05, 0.1) is 5.39 Å². The molecular weight excluding hydrogens is 328 g/mol. The van der Waals surface area contributed by atoms with Gasteiger partial charge in [-0.2, -0.15) is 0 Å². The normalized spacial score (nSPS) is 17.4. The summed E-state index contributed by atoms with van der Waals surface area (Å²) in [5.74, 6) is 0.278. The Labute approximate surface area is 151 Å². The molecule has 1 aliphatic heterocycles. The van der Waals surface area contributed by atoms with E-state index in [0.717, 1.165) is 25.0 Å². The highest BCUT2D eigenvalue weighted by molar-refractivity contribution is 5.93. The largest absolute Gasteiger partial charge is 0.451 e. The van der Waals surface area contributed by atoms with Gasteiger partial charge in [0.15, 0.2) is 11.2 Å². The van der Waals surface area contributed by atoms with Crippen LogP contribution < -0.4 is 5.43 Å². The number of hydrogen-bond donors (Lipinski definition) is 0. The number of carbonyl (C=O) groups is 1. The molecule has 0 N–H and O–H groups in total. The first-order chi connectivity index (χ1) is 12.7. The summed E-state index contributed by atoms with van der Waals surface area (Å²) >= 11 is 0. The van der Waals surface area contributed by atoms with Gasteiger partial charge < -0.3 is 9.32 Å². The fraction of sp³-hybridized carbons (Fsp3) is 0.286. The van der Waals surface area contributed by atoms with Gasteiger partial charge in [0.2, 0.25) is 0 Å². The number of para-hydroxylation sites is 1. The highest BCUT2D eigenvalue weighted by Gasteiger charge is 2.26. The third-order valence-corrected chi connectivity index (χ3v) is 4.88. The SMILES string of the molecule is O=C(c1cc(=O)c2ccccc2o1)N1CCCC(Cc2ccccn2)C1. The molecule has 1 fully saturated rings. The molecule has 0 radical (unpaired) electrons. The van der Waals surface area contributed by atoms with Crippen molar-refractivity contribution in [1.82, 2.24) is 9.88 Å². The summed E-state index contributed by atoms with van der Waals surface area (Å²) in [6.07, 6.45) is 4.67. The number of fused-ring (bicyclic) bond motifs is 1.